The molecule has 0 saturated carbocycles. The third-order valence-corrected chi connectivity index (χ3v) is 6.43. The monoisotopic (exact) mass is 544 g/mol. The molecule has 2 heterocycles. The minimum absolute atomic E-state index is 0.212. The Bertz CT molecular complexity index is 1300. The summed E-state index contributed by atoms with van der Waals surface area (Å²) in [7, 11) is 1.45. The number of halogens is 1. The van der Waals surface area contributed by atoms with E-state index in [1.807, 2.05) is 6.92 Å². The number of carbonyl (C=O) groups is 2. The highest BCUT2D eigenvalue weighted by Gasteiger charge is 2.44. The van der Waals surface area contributed by atoms with Crippen molar-refractivity contribution in [3.63, 3.8) is 0 Å². The number of aromatic nitrogens is 3. The maximum atomic E-state index is 13.2. The molecule has 1 unspecified atom stereocenters. The van der Waals surface area contributed by atoms with Gasteiger partial charge in [-0.15, -0.1) is 0 Å². The van der Waals surface area contributed by atoms with Crippen molar-refractivity contribution in [3.8, 4) is 28.6 Å². The van der Waals surface area contributed by atoms with E-state index < -0.39 is 18.0 Å². The van der Waals surface area contributed by atoms with Crippen molar-refractivity contribution in [2.24, 2.45) is 0 Å². The molecule has 3 aromatic rings. The maximum absolute atomic E-state index is 13.2. The number of benzene rings is 2. The second-order valence-electron chi connectivity index (χ2n) is 7.33. The van der Waals surface area contributed by atoms with Gasteiger partial charge in [-0.25, -0.2) is 9.88 Å². The van der Waals surface area contributed by atoms with Crippen LogP contribution in [0.4, 0.5) is 5.69 Å². The zero-order valence-corrected chi connectivity index (χ0v) is 21.3. The van der Waals surface area contributed by atoms with Gasteiger partial charge in [0.1, 0.15) is 0 Å². The molecule has 9 nitrogen and oxygen atoms in total. The molecular formula is C23H21BrN4O5S. The number of thioether (sulfide) groups is 1. The molecule has 11 heteroatoms. The van der Waals surface area contributed by atoms with E-state index in [0.29, 0.717) is 32.2 Å². The lowest BCUT2D eigenvalue weighted by molar-refractivity contribution is -0.764. The highest BCUT2D eigenvalue weighted by atomic mass is 79.9. The second kappa shape index (κ2) is 9.59. The van der Waals surface area contributed by atoms with Crippen LogP contribution in [0.25, 0.3) is 11.3 Å². The van der Waals surface area contributed by atoms with E-state index in [1.54, 1.807) is 41.3 Å². The van der Waals surface area contributed by atoms with Gasteiger partial charge in [-0.05, 0) is 45.9 Å². The quantitative estimate of drug-likeness (QED) is 0.208. The Morgan fingerprint density at radius 2 is 2.00 bits per heavy atom. The highest BCUT2D eigenvalue weighted by molar-refractivity contribution is 9.10. The third kappa shape index (κ3) is 4.21. The fourth-order valence-electron chi connectivity index (χ4n) is 3.90. The second-order valence-corrected chi connectivity index (χ2v) is 9.42. The molecule has 2 aromatic carbocycles. The molecule has 1 atom stereocenters. The van der Waals surface area contributed by atoms with Crippen molar-refractivity contribution in [3.05, 3.63) is 46.4 Å². The number of hydrogen-bond donors (Lipinski definition) is 0. The van der Waals surface area contributed by atoms with E-state index in [9.17, 15) is 14.7 Å². The first-order valence-electron chi connectivity index (χ1n) is 10.4. The van der Waals surface area contributed by atoms with E-state index in [-0.39, 0.29) is 23.1 Å². The molecule has 1 aromatic heterocycles. The molecule has 0 bridgehead atoms. The van der Waals surface area contributed by atoms with Crippen LogP contribution in [-0.2, 0) is 9.59 Å². The molecule has 1 aliphatic heterocycles. The van der Waals surface area contributed by atoms with Gasteiger partial charge in [0.25, 0.3) is 17.0 Å². The Hall–Kier alpha value is -3.18. The number of anilines is 1. The van der Waals surface area contributed by atoms with E-state index >= 15 is 0 Å². The van der Waals surface area contributed by atoms with E-state index in [2.05, 4.69) is 26.0 Å². The van der Waals surface area contributed by atoms with Gasteiger partial charge < -0.3 is 14.6 Å². The predicted molar refractivity (Wildman–Crippen MR) is 127 cm³/mol. The van der Waals surface area contributed by atoms with Gasteiger partial charge in [0.2, 0.25) is 5.91 Å². The predicted octanol–water partition coefficient (Wildman–Crippen LogP) is 3.23. The number of nitrogens with zero attached hydrogens (tertiary/aromatic N) is 4. The van der Waals surface area contributed by atoms with Crippen LogP contribution in [0.5, 0.6) is 17.4 Å². The molecule has 0 N–H and O–H groups in total. The van der Waals surface area contributed by atoms with Gasteiger partial charge in [0.15, 0.2) is 11.5 Å². The smallest absolute Gasteiger partial charge is 0.308 e. The number of esters is 1. The molecule has 4 rings (SSSR count). The lowest BCUT2D eigenvalue weighted by atomic mass is 10.0. The summed E-state index contributed by atoms with van der Waals surface area (Å²) in [4.78, 5) is 30.3. The number of fused-ring (bicyclic) bond motifs is 3. The Kier molecular flexibility index (Phi) is 6.76. The number of rotatable bonds is 5. The zero-order valence-electron chi connectivity index (χ0n) is 18.9. The number of amides is 1. The van der Waals surface area contributed by atoms with Crippen LogP contribution < -0.4 is 24.2 Å². The summed E-state index contributed by atoms with van der Waals surface area (Å²) >= 11 is 4.78. The molecule has 0 aliphatic carbocycles. The summed E-state index contributed by atoms with van der Waals surface area (Å²) in [6.07, 6.45) is -0.814. The summed E-state index contributed by atoms with van der Waals surface area (Å²) in [6, 6.07) is 10.5. The van der Waals surface area contributed by atoms with E-state index in [0.717, 1.165) is 0 Å². The minimum atomic E-state index is -0.814. The van der Waals surface area contributed by atoms with Gasteiger partial charge in [0, 0.05) is 18.9 Å². The van der Waals surface area contributed by atoms with E-state index in [1.165, 1.54) is 37.4 Å². The van der Waals surface area contributed by atoms with Gasteiger partial charge in [-0.1, -0.05) is 35.5 Å². The topological polar surface area (TPSA) is 109 Å². The minimum Gasteiger partial charge on any atom is -0.854 e. The lowest BCUT2D eigenvalue weighted by Gasteiger charge is -2.33. The van der Waals surface area contributed by atoms with Crippen LogP contribution in [0.3, 0.4) is 0 Å². The highest BCUT2D eigenvalue weighted by Crippen LogP contribution is 2.44. The molecule has 34 heavy (non-hydrogen) atoms. The fourth-order valence-corrected chi connectivity index (χ4v) is 4.99. The number of carbonyl (C=O) groups excluding carboxylic acids is 2. The summed E-state index contributed by atoms with van der Waals surface area (Å²) < 4.78 is 12.8. The Morgan fingerprint density at radius 1 is 1.26 bits per heavy atom. The normalized spacial score (nSPS) is 14.3. The Balaban J connectivity index is 2.03. The molecule has 176 valence electrons. The Labute approximate surface area is 208 Å². The SMILES string of the molecule is CCSc1nc([O-])c2[n+](n1)C(c1cc(Br)c(OC(C)=O)c(OC)c1)N(C(C)=O)c1ccccc1-2. The van der Waals surface area contributed by atoms with Crippen molar-refractivity contribution < 1.29 is 28.9 Å². The van der Waals surface area contributed by atoms with Crippen molar-refractivity contribution in [2.45, 2.75) is 32.1 Å². The Morgan fingerprint density at radius 3 is 2.65 bits per heavy atom. The van der Waals surface area contributed by atoms with Gasteiger partial charge >= 0.3 is 5.97 Å². The van der Waals surface area contributed by atoms with E-state index in [4.69, 9.17) is 9.47 Å². The molecule has 0 fully saturated rings. The number of para-hydroxylation sites is 1. The van der Waals surface area contributed by atoms with Crippen LogP contribution in [0.15, 0.2) is 46.0 Å². The van der Waals surface area contributed by atoms with Crippen molar-refractivity contribution in [1.29, 1.82) is 0 Å². The fraction of sp³-hybridized carbons (Fsp3) is 0.261. The van der Waals surface area contributed by atoms with Crippen molar-refractivity contribution in [1.82, 2.24) is 10.1 Å². The first-order valence-corrected chi connectivity index (χ1v) is 12.1. The summed E-state index contributed by atoms with van der Waals surface area (Å²) in [5, 5.41) is 18.1. The first-order chi connectivity index (χ1) is 16.3. The van der Waals surface area contributed by atoms with Crippen molar-refractivity contribution >= 4 is 45.3 Å². The van der Waals surface area contributed by atoms with Gasteiger partial charge in [0.05, 0.1) is 34.3 Å². The standard InChI is InChI=1S/C23H21BrN4O5S/c1-5-34-23-25-21(31)19-15-8-6-7-9-17(15)27(12(2)29)22(28(19)26-23)14-10-16(24)20(33-13(3)30)18(11-14)32-4/h6-11,22H,5H2,1-4H3. The average Bonchev–Trinajstić information content (AvgIpc) is 2.78. The molecule has 1 aliphatic rings. The number of ether oxygens (including phenoxy) is 2. The largest absolute Gasteiger partial charge is 0.854 e. The van der Waals surface area contributed by atoms with Crippen LogP contribution in [-0.4, -0.2) is 34.8 Å². The molecule has 1 amide bonds. The van der Waals surface area contributed by atoms with Gasteiger partial charge in [-0.3, -0.25) is 9.59 Å². The molecule has 0 saturated heterocycles. The van der Waals surface area contributed by atoms with Crippen LogP contribution >= 0.6 is 27.7 Å². The van der Waals surface area contributed by atoms with Crippen molar-refractivity contribution in [2.75, 3.05) is 17.8 Å². The number of hydrogen-bond acceptors (Lipinski definition) is 8. The van der Waals surface area contributed by atoms with Crippen LogP contribution in [0.2, 0.25) is 0 Å². The molecule has 0 radical (unpaired) electrons. The maximum Gasteiger partial charge on any atom is 0.308 e. The average molecular weight is 545 g/mol. The molecule has 0 spiro atoms. The van der Waals surface area contributed by atoms with Crippen LogP contribution in [0, 0.1) is 0 Å². The zero-order chi connectivity index (χ0) is 24.6. The lowest BCUT2D eigenvalue weighted by Crippen LogP contribution is -2.58. The summed E-state index contributed by atoms with van der Waals surface area (Å²) in [6.45, 7) is 4.68. The van der Waals surface area contributed by atoms with Crippen LogP contribution in [0.1, 0.15) is 32.5 Å². The summed E-state index contributed by atoms with van der Waals surface area (Å²) in [5.74, 6) is -0.0203. The number of methoxy groups -OCH3 is 1. The first kappa shape index (κ1) is 24.0. The van der Waals surface area contributed by atoms with Gasteiger partial charge in [-0.2, -0.15) is 0 Å². The third-order valence-electron chi connectivity index (χ3n) is 5.13. The summed E-state index contributed by atoms with van der Waals surface area (Å²) in [5.41, 5.74) is 1.99. The molecular weight excluding hydrogens is 524 g/mol.